The normalized spacial score (nSPS) is 23.0. The summed E-state index contributed by atoms with van der Waals surface area (Å²) in [5.41, 5.74) is 0.407. The summed E-state index contributed by atoms with van der Waals surface area (Å²) in [5, 5.41) is 3.54. The van der Waals surface area contributed by atoms with Crippen LogP contribution in [0.25, 0.3) is 0 Å². The number of hydrogen-bond donors (Lipinski definition) is 1. The maximum Gasteiger partial charge on any atom is 0.0834 e. The molecule has 0 bridgehead atoms. The van der Waals surface area contributed by atoms with Gasteiger partial charge in [-0.25, -0.2) is 0 Å². The molecule has 0 aromatic heterocycles. The van der Waals surface area contributed by atoms with E-state index in [0.29, 0.717) is 11.5 Å². The van der Waals surface area contributed by atoms with Gasteiger partial charge >= 0.3 is 0 Å². The van der Waals surface area contributed by atoms with Gasteiger partial charge in [0, 0.05) is 19.8 Å². The number of ether oxygens (including phenoxy) is 2. The lowest BCUT2D eigenvalue weighted by molar-refractivity contribution is -0.110. The smallest absolute Gasteiger partial charge is 0.0834 e. The van der Waals surface area contributed by atoms with E-state index in [4.69, 9.17) is 9.47 Å². The molecule has 1 aliphatic rings. The Hall–Kier alpha value is -0.120. The fraction of sp³-hybridized carbons (Fsp3) is 1.00. The molecule has 1 saturated carbocycles. The molecule has 0 heterocycles. The van der Waals surface area contributed by atoms with Crippen molar-refractivity contribution in [3.05, 3.63) is 0 Å². The molecule has 1 atom stereocenters. The van der Waals surface area contributed by atoms with E-state index in [1.54, 1.807) is 7.11 Å². The minimum absolute atomic E-state index is 0.00282. The first kappa shape index (κ1) is 18.9. The highest BCUT2D eigenvalue weighted by Gasteiger charge is 2.44. The second-order valence-electron chi connectivity index (χ2n) is 8.01. The first-order valence-electron chi connectivity index (χ1n) is 8.57. The molecule has 1 N–H and O–H groups in total. The van der Waals surface area contributed by atoms with E-state index >= 15 is 0 Å². The molecule has 0 aromatic rings. The summed E-state index contributed by atoms with van der Waals surface area (Å²) in [6.45, 7) is 12.0. The molecule has 1 aliphatic carbocycles. The Balaban J connectivity index is 2.77. The van der Waals surface area contributed by atoms with E-state index in [1.165, 1.54) is 12.8 Å². The van der Waals surface area contributed by atoms with E-state index < -0.39 is 0 Å². The van der Waals surface area contributed by atoms with Crippen molar-refractivity contribution in [1.82, 2.24) is 5.32 Å². The Morgan fingerprint density at radius 1 is 1.14 bits per heavy atom. The molecular formula is C18H37NO2. The molecule has 0 aliphatic heterocycles. The Morgan fingerprint density at radius 3 is 2.14 bits per heavy atom. The van der Waals surface area contributed by atoms with Crippen molar-refractivity contribution < 1.29 is 9.47 Å². The molecule has 3 nitrogen and oxygen atoms in total. The molecule has 126 valence electrons. The predicted molar refractivity (Wildman–Crippen MR) is 89.8 cm³/mol. The Labute approximate surface area is 132 Å². The predicted octanol–water partition coefficient (Wildman–Crippen LogP) is 4.16. The molecule has 1 fully saturated rings. The average Bonchev–Trinajstić information content (AvgIpc) is 2.43. The third-order valence-electron chi connectivity index (χ3n) is 5.45. The monoisotopic (exact) mass is 299 g/mol. The van der Waals surface area contributed by atoms with E-state index in [9.17, 15) is 0 Å². The lowest BCUT2D eigenvalue weighted by Gasteiger charge is -2.48. The SMILES string of the molecule is CCOC1(C(CCC(C)(C)OC)NC)CCC(C)(C)CC1. The van der Waals surface area contributed by atoms with Crippen LogP contribution in [-0.4, -0.2) is 38.0 Å². The molecule has 0 saturated heterocycles. The highest BCUT2D eigenvalue weighted by atomic mass is 16.5. The molecule has 21 heavy (non-hydrogen) atoms. The Bertz CT molecular complexity index is 302. The van der Waals surface area contributed by atoms with Crippen LogP contribution in [0.1, 0.15) is 73.1 Å². The van der Waals surface area contributed by atoms with Gasteiger partial charge in [-0.3, -0.25) is 0 Å². The number of rotatable bonds is 8. The average molecular weight is 299 g/mol. The second kappa shape index (κ2) is 7.43. The highest BCUT2D eigenvalue weighted by molar-refractivity contribution is 4.99. The fourth-order valence-electron chi connectivity index (χ4n) is 3.50. The van der Waals surface area contributed by atoms with Gasteiger partial charge in [0.2, 0.25) is 0 Å². The first-order valence-corrected chi connectivity index (χ1v) is 8.57. The van der Waals surface area contributed by atoms with Crippen LogP contribution in [0.3, 0.4) is 0 Å². The van der Waals surface area contributed by atoms with Crippen molar-refractivity contribution in [2.45, 2.75) is 90.4 Å². The summed E-state index contributed by atoms with van der Waals surface area (Å²) in [6, 6.07) is 0.406. The lowest BCUT2D eigenvalue weighted by Crippen LogP contribution is -2.54. The molecule has 1 rings (SSSR count). The van der Waals surface area contributed by atoms with Crippen LogP contribution in [0.4, 0.5) is 0 Å². The van der Waals surface area contributed by atoms with E-state index in [-0.39, 0.29) is 11.2 Å². The highest BCUT2D eigenvalue weighted by Crippen LogP contribution is 2.44. The standard InChI is InChI=1S/C18H37NO2/c1-8-21-18(13-11-16(2,3)12-14-18)15(19-6)9-10-17(4,5)20-7/h15,19H,8-14H2,1-7H3. The van der Waals surface area contributed by atoms with E-state index in [0.717, 1.165) is 32.3 Å². The maximum absolute atomic E-state index is 6.31. The molecule has 0 amide bonds. The number of hydrogen-bond acceptors (Lipinski definition) is 3. The van der Waals surface area contributed by atoms with Crippen molar-refractivity contribution in [3.8, 4) is 0 Å². The van der Waals surface area contributed by atoms with Gasteiger partial charge in [0.1, 0.15) is 0 Å². The molecule has 0 radical (unpaired) electrons. The fourth-order valence-corrected chi connectivity index (χ4v) is 3.50. The zero-order valence-corrected chi connectivity index (χ0v) is 15.3. The van der Waals surface area contributed by atoms with Crippen molar-refractivity contribution in [1.29, 1.82) is 0 Å². The Kier molecular flexibility index (Phi) is 6.70. The van der Waals surface area contributed by atoms with E-state index in [2.05, 4.69) is 47.0 Å². The number of nitrogens with one attached hydrogen (secondary N) is 1. The van der Waals surface area contributed by atoms with Gasteiger partial charge in [-0.05, 0) is 71.8 Å². The van der Waals surface area contributed by atoms with Crippen LogP contribution in [0, 0.1) is 5.41 Å². The van der Waals surface area contributed by atoms with Crippen LogP contribution in [0.15, 0.2) is 0 Å². The quantitative estimate of drug-likeness (QED) is 0.730. The van der Waals surface area contributed by atoms with Crippen molar-refractivity contribution in [3.63, 3.8) is 0 Å². The summed E-state index contributed by atoms with van der Waals surface area (Å²) < 4.78 is 11.9. The van der Waals surface area contributed by atoms with Gasteiger partial charge in [-0.15, -0.1) is 0 Å². The third-order valence-corrected chi connectivity index (χ3v) is 5.45. The number of likely N-dealkylation sites (N-methyl/N-ethyl adjacent to an activating group) is 1. The summed E-state index contributed by atoms with van der Waals surface area (Å²) in [4.78, 5) is 0. The molecular weight excluding hydrogens is 262 g/mol. The van der Waals surface area contributed by atoms with Gasteiger partial charge in [-0.2, -0.15) is 0 Å². The van der Waals surface area contributed by atoms with Crippen molar-refractivity contribution in [2.75, 3.05) is 20.8 Å². The summed E-state index contributed by atoms with van der Waals surface area (Å²) >= 11 is 0. The minimum Gasteiger partial charge on any atom is -0.379 e. The van der Waals surface area contributed by atoms with Crippen LogP contribution in [0.5, 0.6) is 0 Å². The summed E-state index contributed by atoms with van der Waals surface area (Å²) in [5.74, 6) is 0. The second-order valence-corrected chi connectivity index (χ2v) is 8.01. The van der Waals surface area contributed by atoms with Gasteiger partial charge in [0.05, 0.1) is 11.2 Å². The van der Waals surface area contributed by atoms with Crippen molar-refractivity contribution in [2.24, 2.45) is 5.41 Å². The zero-order chi connectivity index (χ0) is 16.1. The van der Waals surface area contributed by atoms with Gasteiger partial charge in [0.25, 0.3) is 0 Å². The van der Waals surface area contributed by atoms with Crippen LogP contribution in [-0.2, 0) is 9.47 Å². The molecule has 3 heteroatoms. The maximum atomic E-state index is 6.31. The molecule has 0 spiro atoms. The van der Waals surface area contributed by atoms with Gasteiger partial charge in [0.15, 0.2) is 0 Å². The largest absolute Gasteiger partial charge is 0.379 e. The molecule has 1 unspecified atom stereocenters. The molecule has 0 aromatic carbocycles. The topological polar surface area (TPSA) is 30.5 Å². The van der Waals surface area contributed by atoms with E-state index in [1.807, 2.05) is 0 Å². The Morgan fingerprint density at radius 2 is 1.71 bits per heavy atom. The van der Waals surface area contributed by atoms with Gasteiger partial charge in [-0.1, -0.05) is 13.8 Å². The zero-order valence-electron chi connectivity index (χ0n) is 15.3. The third kappa shape index (κ3) is 5.22. The van der Waals surface area contributed by atoms with Crippen LogP contribution < -0.4 is 5.32 Å². The van der Waals surface area contributed by atoms with Crippen LogP contribution >= 0.6 is 0 Å². The van der Waals surface area contributed by atoms with Crippen molar-refractivity contribution >= 4 is 0 Å². The lowest BCUT2D eigenvalue weighted by atomic mass is 9.67. The number of methoxy groups -OCH3 is 1. The van der Waals surface area contributed by atoms with Crippen LogP contribution in [0.2, 0.25) is 0 Å². The summed E-state index contributed by atoms with van der Waals surface area (Å²) in [7, 11) is 3.88. The first-order chi connectivity index (χ1) is 9.70. The minimum atomic E-state index is -0.0591. The van der Waals surface area contributed by atoms with Gasteiger partial charge < -0.3 is 14.8 Å². The summed E-state index contributed by atoms with van der Waals surface area (Å²) in [6.07, 6.45) is 6.96.